The molecule has 3 rings (SSSR count). The van der Waals surface area contributed by atoms with Gasteiger partial charge in [0.2, 0.25) is 5.91 Å². The molecule has 0 fully saturated rings. The van der Waals surface area contributed by atoms with E-state index in [-0.39, 0.29) is 5.91 Å². The molecule has 126 valence electrons. The third kappa shape index (κ3) is 4.19. The highest BCUT2D eigenvalue weighted by atomic mass is 32.2. The van der Waals surface area contributed by atoms with Crippen molar-refractivity contribution in [1.82, 2.24) is 0 Å². The zero-order valence-corrected chi connectivity index (χ0v) is 14.6. The lowest BCUT2D eigenvalue weighted by molar-refractivity contribution is -0.645. The molecule has 1 atom stereocenters. The minimum Gasteiger partial charge on any atom is -0.618 e. The molecule has 25 heavy (non-hydrogen) atoms. The lowest BCUT2D eigenvalue weighted by Crippen LogP contribution is -2.30. The number of carbonyl (C=O) groups is 1. The Bertz CT molecular complexity index is 868. The number of thioether (sulfide) groups is 1. The van der Waals surface area contributed by atoms with E-state index < -0.39 is 5.25 Å². The molecule has 5 heteroatoms. The highest BCUT2D eigenvalue weighted by Gasteiger charge is 2.19. The molecule has 0 aliphatic rings. The largest absolute Gasteiger partial charge is 0.618 e. The molecule has 1 N–H and O–H groups in total. The molecular weight excluding hydrogens is 332 g/mol. The van der Waals surface area contributed by atoms with Crippen molar-refractivity contribution in [2.75, 3.05) is 5.32 Å². The molecule has 0 bridgehead atoms. The summed E-state index contributed by atoms with van der Waals surface area (Å²) < 4.78 is 0.770. The lowest BCUT2D eigenvalue weighted by Gasteiger charge is -2.14. The van der Waals surface area contributed by atoms with Gasteiger partial charge >= 0.3 is 0 Å². The number of hydrogen-bond donors (Lipinski definition) is 1. The maximum absolute atomic E-state index is 12.6. The Labute approximate surface area is 151 Å². The molecule has 0 spiro atoms. The van der Waals surface area contributed by atoms with Crippen molar-refractivity contribution in [1.29, 1.82) is 0 Å². The van der Waals surface area contributed by atoms with Crippen LogP contribution >= 0.6 is 11.8 Å². The Morgan fingerprint density at radius 1 is 1.00 bits per heavy atom. The Hall–Kier alpha value is -2.79. The molecular formula is C20H18N2O2S. The van der Waals surface area contributed by atoms with E-state index in [4.69, 9.17) is 0 Å². The average molecular weight is 350 g/mol. The van der Waals surface area contributed by atoms with Gasteiger partial charge in [0, 0.05) is 23.4 Å². The smallest absolute Gasteiger partial charge is 0.252 e. The van der Waals surface area contributed by atoms with E-state index in [1.165, 1.54) is 18.0 Å². The van der Waals surface area contributed by atoms with Gasteiger partial charge in [0.1, 0.15) is 0 Å². The molecule has 0 unspecified atom stereocenters. The van der Waals surface area contributed by atoms with Gasteiger partial charge in [0.15, 0.2) is 6.20 Å². The second-order valence-corrected chi connectivity index (χ2v) is 6.89. The van der Waals surface area contributed by atoms with Crippen LogP contribution in [-0.4, -0.2) is 11.2 Å². The molecule has 0 aliphatic heterocycles. The van der Waals surface area contributed by atoms with Gasteiger partial charge in [0.25, 0.3) is 5.03 Å². The normalized spacial score (nSPS) is 11.7. The lowest BCUT2D eigenvalue weighted by atomic mass is 10.0. The molecule has 4 nitrogen and oxygen atoms in total. The summed E-state index contributed by atoms with van der Waals surface area (Å²) in [6.45, 7) is 1.79. The number of pyridine rings is 1. The van der Waals surface area contributed by atoms with Crippen LogP contribution in [-0.2, 0) is 4.79 Å². The van der Waals surface area contributed by atoms with Gasteiger partial charge in [0.05, 0.1) is 5.25 Å². The molecule has 1 aromatic heterocycles. The molecule has 1 amide bonds. The first kappa shape index (κ1) is 17.0. The molecule has 2 aromatic carbocycles. The van der Waals surface area contributed by atoms with E-state index >= 15 is 0 Å². The van der Waals surface area contributed by atoms with Crippen molar-refractivity contribution in [3.63, 3.8) is 0 Å². The fourth-order valence-corrected chi connectivity index (χ4v) is 3.28. The quantitative estimate of drug-likeness (QED) is 0.428. The number of rotatable bonds is 5. The van der Waals surface area contributed by atoms with E-state index in [2.05, 4.69) is 5.32 Å². The number of anilines is 1. The van der Waals surface area contributed by atoms with Crippen LogP contribution in [0.5, 0.6) is 0 Å². The molecule has 1 heterocycles. The molecule has 3 aromatic rings. The van der Waals surface area contributed by atoms with E-state index in [0.717, 1.165) is 21.5 Å². The summed E-state index contributed by atoms with van der Waals surface area (Å²) in [7, 11) is 0. The molecule has 0 saturated carbocycles. The number of para-hydroxylation sites is 1. The van der Waals surface area contributed by atoms with Crippen molar-refractivity contribution in [2.24, 2.45) is 0 Å². The van der Waals surface area contributed by atoms with Crippen LogP contribution in [0.3, 0.4) is 0 Å². The summed E-state index contributed by atoms with van der Waals surface area (Å²) in [5.41, 5.74) is 2.76. The Balaban J connectivity index is 1.76. The first-order chi connectivity index (χ1) is 12.1. The van der Waals surface area contributed by atoms with Gasteiger partial charge in [-0.15, -0.1) is 0 Å². The van der Waals surface area contributed by atoms with E-state index in [9.17, 15) is 10.0 Å². The SMILES string of the molecule is C[C@@H](Sc1cccc[n+]1[O-])C(=O)Nc1ccccc1-c1ccccc1. The van der Waals surface area contributed by atoms with E-state index in [1.807, 2.05) is 54.6 Å². The number of carbonyl (C=O) groups excluding carboxylic acids is 1. The van der Waals surface area contributed by atoms with Gasteiger partial charge in [-0.3, -0.25) is 4.79 Å². The molecule has 0 radical (unpaired) electrons. The van der Waals surface area contributed by atoms with Gasteiger partial charge in [-0.2, -0.15) is 4.73 Å². The first-order valence-corrected chi connectivity index (χ1v) is 8.83. The minimum absolute atomic E-state index is 0.141. The summed E-state index contributed by atoms with van der Waals surface area (Å²) in [5.74, 6) is -0.141. The molecule has 0 saturated heterocycles. The maximum atomic E-state index is 12.6. The summed E-state index contributed by atoms with van der Waals surface area (Å²) in [6, 6.07) is 22.8. The topological polar surface area (TPSA) is 56.0 Å². The van der Waals surface area contributed by atoms with Gasteiger partial charge in [-0.25, -0.2) is 0 Å². The fraction of sp³-hybridized carbons (Fsp3) is 0.100. The number of nitrogens with one attached hydrogen (secondary N) is 1. The van der Waals surface area contributed by atoms with Crippen molar-refractivity contribution in [3.05, 3.63) is 84.2 Å². The number of amides is 1. The van der Waals surface area contributed by atoms with Crippen molar-refractivity contribution in [3.8, 4) is 11.1 Å². The van der Waals surface area contributed by atoms with Crippen LogP contribution in [0.15, 0.2) is 84.0 Å². The van der Waals surface area contributed by atoms with Gasteiger partial charge in [-0.05, 0) is 36.4 Å². The first-order valence-electron chi connectivity index (χ1n) is 7.95. The summed E-state index contributed by atoms with van der Waals surface area (Å²) in [4.78, 5) is 12.6. The Kier molecular flexibility index (Phi) is 5.36. The van der Waals surface area contributed by atoms with Crippen LogP contribution < -0.4 is 10.0 Å². The average Bonchev–Trinajstić information content (AvgIpc) is 2.64. The standard InChI is InChI=1S/C20H18N2O2S/c1-15(25-19-13-7-8-14-22(19)24)20(23)21-18-12-6-5-11-17(18)16-9-3-2-4-10-16/h2-15H,1H3,(H,21,23)/t15-/m1/s1. The number of nitrogens with zero attached hydrogens (tertiary/aromatic N) is 1. The third-order valence-electron chi connectivity index (χ3n) is 3.73. The molecule has 0 aliphatic carbocycles. The maximum Gasteiger partial charge on any atom is 0.252 e. The van der Waals surface area contributed by atoms with Gasteiger partial charge < -0.3 is 10.5 Å². The minimum atomic E-state index is -0.397. The second kappa shape index (κ2) is 7.85. The van der Waals surface area contributed by atoms with Crippen LogP contribution in [0.1, 0.15) is 6.92 Å². The monoisotopic (exact) mass is 350 g/mol. The second-order valence-electron chi connectivity index (χ2n) is 5.53. The van der Waals surface area contributed by atoms with Crippen molar-refractivity contribution >= 4 is 23.4 Å². The number of benzene rings is 2. The highest BCUT2D eigenvalue weighted by Crippen LogP contribution is 2.28. The predicted molar refractivity (Wildman–Crippen MR) is 101 cm³/mol. The zero-order valence-electron chi connectivity index (χ0n) is 13.8. The van der Waals surface area contributed by atoms with Crippen LogP contribution in [0.25, 0.3) is 11.1 Å². The Morgan fingerprint density at radius 2 is 1.68 bits per heavy atom. The number of aromatic nitrogens is 1. The third-order valence-corrected chi connectivity index (χ3v) is 4.85. The van der Waals surface area contributed by atoms with Crippen molar-refractivity contribution in [2.45, 2.75) is 17.2 Å². The Morgan fingerprint density at radius 3 is 2.44 bits per heavy atom. The van der Waals surface area contributed by atoms with Crippen LogP contribution in [0, 0.1) is 5.21 Å². The van der Waals surface area contributed by atoms with Crippen LogP contribution in [0.2, 0.25) is 0 Å². The van der Waals surface area contributed by atoms with Gasteiger partial charge in [-0.1, -0.05) is 48.5 Å². The zero-order chi connectivity index (χ0) is 17.6. The van der Waals surface area contributed by atoms with Crippen LogP contribution in [0.4, 0.5) is 5.69 Å². The number of hydrogen-bond acceptors (Lipinski definition) is 3. The van der Waals surface area contributed by atoms with E-state index in [1.54, 1.807) is 25.1 Å². The predicted octanol–water partition coefficient (Wildman–Crippen LogP) is 4.11. The summed E-state index contributed by atoms with van der Waals surface area (Å²) >= 11 is 1.24. The highest BCUT2D eigenvalue weighted by molar-refractivity contribution is 8.00. The summed E-state index contributed by atoms with van der Waals surface area (Å²) in [5, 5.41) is 14.8. The van der Waals surface area contributed by atoms with E-state index in [0.29, 0.717) is 5.03 Å². The van der Waals surface area contributed by atoms with Crippen molar-refractivity contribution < 1.29 is 9.52 Å². The summed E-state index contributed by atoms with van der Waals surface area (Å²) in [6.07, 6.45) is 1.43. The fourth-order valence-electron chi connectivity index (χ4n) is 2.43.